The van der Waals surface area contributed by atoms with Gasteiger partial charge in [-0.3, -0.25) is 9.98 Å². The number of benzene rings is 2. The molecule has 2 aromatic rings. The van der Waals surface area contributed by atoms with E-state index in [1.165, 1.54) is 17.3 Å². The summed E-state index contributed by atoms with van der Waals surface area (Å²) in [5.74, 6) is 0. The van der Waals surface area contributed by atoms with Crippen LogP contribution in [-0.4, -0.2) is 24.6 Å². The molecule has 23 heavy (non-hydrogen) atoms. The second-order valence-electron chi connectivity index (χ2n) is 5.50. The highest BCUT2D eigenvalue weighted by atomic mass is 14.9. The van der Waals surface area contributed by atoms with Crippen LogP contribution >= 0.6 is 0 Å². The van der Waals surface area contributed by atoms with Crippen molar-refractivity contribution in [1.29, 1.82) is 0 Å². The number of rotatable bonds is 6. The highest BCUT2D eigenvalue weighted by Gasteiger charge is 1.98. The molecule has 0 aromatic heterocycles. The lowest BCUT2D eigenvalue weighted by molar-refractivity contribution is 0.941. The van der Waals surface area contributed by atoms with Gasteiger partial charge in [0.25, 0.3) is 0 Å². The standard InChI is InChI=1S/C18H23N5/c1-13(19)11-22-16-6-2-14(3-7-16)10-15-4-8-17(9-5-15)23-12-18(20)21/h2-9,11-13,18H,10,19-21H2,1H3. The normalized spacial score (nSPS) is 13.3. The van der Waals surface area contributed by atoms with E-state index in [4.69, 9.17) is 17.2 Å². The predicted molar refractivity (Wildman–Crippen MR) is 97.8 cm³/mol. The zero-order valence-electron chi connectivity index (χ0n) is 13.3. The maximum absolute atomic E-state index is 5.65. The van der Waals surface area contributed by atoms with Crippen LogP contribution in [0.5, 0.6) is 0 Å². The summed E-state index contributed by atoms with van der Waals surface area (Å²) in [5.41, 5.74) is 20.7. The SMILES string of the molecule is CC(N)C=Nc1ccc(Cc2ccc(N=CC(N)N)cc2)cc1. The summed E-state index contributed by atoms with van der Waals surface area (Å²) in [6.07, 6.45) is 3.59. The Balaban J connectivity index is 1.99. The van der Waals surface area contributed by atoms with Crippen molar-refractivity contribution < 1.29 is 0 Å². The molecule has 2 aromatic carbocycles. The molecule has 0 heterocycles. The van der Waals surface area contributed by atoms with Gasteiger partial charge >= 0.3 is 0 Å². The van der Waals surface area contributed by atoms with Crippen LogP contribution in [0.15, 0.2) is 58.5 Å². The topological polar surface area (TPSA) is 103 Å². The van der Waals surface area contributed by atoms with E-state index < -0.39 is 6.17 Å². The average molecular weight is 309 g/mol. The van der Waals surface area contributed by atoms with Crippen molar-refractivity contribution in [3.05, 3.63) is 59.7 Å². The third-order valence-electron chi connectivity index (χ3n) is 3.14. The Hall–Kier alpha value is -2.34. The Morgan fingerprint density at radius 3 is 1.61 bits per heavy atom. The van der Waals surface area contributed by atoms with Gasteiger partial charge in [0.2, 0.25) is 0 Å². The minimum Gasteiger partial charge on any atom is -0.323 e. The van der Waals surface area contributed by atoms with Crippen LogP contribution in [-0.2, 0) is 6.42 Å². The number of nitrogens with zero attached hydrogens (tertiary/aromatic N) is 2. The average Bonchev–Trinajstić information content (AvgIpc) is 2.53. The third kappa shape index (κ3) is 6.12. The van der Waals surface area contributed by atoms with Crippen molar-refractivity contribution in [2.75, 3.05) is 0 Å². The molecule has 5 nitrogen and oxygen atoms in total. The summed E-state index contributed by atoms with van der Waals surface area (Å²) in [7, 11) is 0. The van der Waals surface area contributed by atoms with Gasteiger partial charge in [0.05, 0.1) is 17.5 Å². The molecule has 0 fully saturated rings. The number of hydrogen-bond donors (Lipinski definition) is 3. The van der Waals surface area contributed by atoms with Crippen molar-refractivity contribution in [2.45, 2.75) is 25.6 Å². The molecular weight excluding hydrogens is 286 g/mol. The van der Waals surface area contributed by atoms with Crippen LogP contribution in [0.3, 0.4) is 0 Å². The maximum atomic E-state index is 5.65. The number of hydrogen-bond acceptors (Lipinski definition) is 5. The van der Waals surface area contributed by atoms with E-state index in [2.05, 4.69) is 34.3 Å². The lowest BCUT2D eigenvalue weighted by Crippen LogP contribution is -2.31. The van der Waals surface area contributed by atoms with Crippen LogP contribution in [0.2, 0.25) is 0 Å². The molecule has 0 aliphatic heterocycles. The van der Waals surface area contributed by atoms with Gasteiger partial charge in [0.1, 0.15) is 0 Å². The molecule has 0 bridgehead atoms. The largest absolute Gasteiger partial charge is 0.323 e. The van der Waals surface area contributed by atoms with E-state index in [1.54, 1.807) is 6.21 Å². The number of aliphatic imine (C=N–C) groups is 2. The lowest BCUT2D eigenvalue weighted by Gasteiger charge is -2.04. The van der Waals surface area contributed by atoms with E-state index in [0.29, 0.717) is 0 Å². The smallest absolute Gasteiger partial charge is 0.0889 e. The molecule has 0 aliphatic carbocycles. The first-order chi connectivity index (χ1) is 11.0. The van der Waals surface area contributed by atoms with Crippen molar-refractivity contribution in [3.63, 3.8) is 0 Å². The first-order valence-corrected chi connectivity index (χ1v) is 7.56. The Kier molecular flexibility index (Phi) is 6.17. The van der Waals surface area contributed by atoms with E-state index in [-0.39, 0.29) is 6.04 Å². The van der Waals surface area contributed by atoms with Crippen molar-refractivity contribution in [3.8, 4) is 0 Å². The summed E-state index contributed by atoms with van der Waals surface area (Å²) in [6.45, 7) is 1.90. The maximum Gasteiger partial charge on any atom is 0.0889 e. The van der Waals surface area contributed by atoms with Crippen LogP contribution in [0.25, 0.3) is 0 Å². The molecule has 1 unspecified atom stereocenters. The molecular formula is C18H23N5. The monoisotopic (exact) mass is 309 g/mol. The zero-order valence-corrected chi connectivity index (χ0v) is 13.3. The molecule has 0 spiro atoms. The molecule has 0 saturated heterocycles. The molecule has 2 rings (SSSR count). The third-order valence-corrected chi connectivity index (χ3v) is 3.14. The summed E-state index contributed by atoms with van der Waals surface area (Å²) in [4.78, 5) is 8.51. The summed E-state index contributed by atoms with van der Waals surface area (Å²) >= 11 is 0. The summed E-state index contributed by atoms with van der Waals surface area (Å²) in [5, 5.41) is 0. The van der Waals surface area contributed by atoms with E-state index in [0.717, 1.165) is 17.8 Å². The molecule has 0 aliphatic rings. The van der Waals surface area contributed by atoms with Crippen LogP contribution < -0.4 is 17.2 Å². The first kappa shape index (κ1) is 17.0. The highest BCUT2D eigenvalue weighted by molar-refractivity contribution is 5.68. The Labute approximate surface area is 136 Å². The van der Waals surface area contributed by atoms with Gasteiger partial charge in [0, 0.05) is 18.5 Å². The Morgan fingerprint density at radius 1 is 0.783 bits per heavy atom. The zero-order chi connectivity index (χ0) is 16.7. The molecule has 0 amide bonds. The van der Waals surface area contributed by atoms with Crippen molar-refractivity contribution in [1.82, 2.24) is 0 Å². The van der Waals surface area contributed by atoms with E-state index in [1.807, 2.05) is 31.2 Å². The first-order valence-electron chi connectivity index (χ1n) is 7.56. The van der Waals surface area contributed by atoms with E-state index in [9.17, 15) is 0 Å². The molecule has 0 radical (unpaired) electrons. The molecule has 0 saturated carbocycles. The van der Waals surface area contributed by atoms with Crippen LogP contribution in [0.4, 0.5) is 11.4 Å². The fraction of sp³-hybridized carbons (Fsp3) is 0.222. The lowest BCUT2D eigenvalue weighted by atomic mass is 10.0. The van der Waals surface area contributed by atoms with Gasteiger partial charge in [-0.05, 0) is 48.7 Å². The van der Waals surface area contributed by atoms with Gasteiger partial charge in [-0.25, -0.2) is 0 Å². The minimum absolute atomic E-state index is 0.0373. The summed E-state index contributed by atoms with van der Waals surface area (Å²) in [6, 6.07) is 16.1. The van der Waals surface area contributed by atoms with Crippen LogP contribution in [0.1, 0.15) is 18.1 Å². The Bertz CT molecular complexity index is 595. The Morgan fingerprint density at radius 2 is 1.22 bits per heavy atom. The predicted octanol–water partition coefficient (Wildman–Crippen LogP) is 2.27. The molecule has 5 heteroatoms. The van der Waals surface area contributed by atoms with Gasteiger partial charge < -0.3 is 17.2 Å². The summed E-state index contributed by atoms with van der Waals surface area (Å²) < 4.78 is 0. The molecule has 6 N–H and O–H groups in total. The van der Waals surface area contributed by atoms with Gasteiger partial charge in [0.15, 0.2) is 0 Å². The minimum atomic E-state index is -0.530. The van der Waals surface area contributed by atoms with Gasteiger partial charge in [-0.15, -0.1) is 0 Å². The van der Waals surface area contributed by atoms with Crippen molar-refractivity contribution in [2.24, 2.45) is 27.2 Å². The fourth-order valence-electron chi connectivity index (χ4n) is 2.01. The quantitative estimate of drug-likeness (QED) is 0.563. The second kappa shape index (κ2) is 8.33. The fourth-order valence-corrected chi connectivity index (χ4v) is 2.01. The van der Waals surface area contributed by atoms with Crippen LogP contribution in [0, 0.1) is 0 Å². The molecule has 1 atom stereocenters. The van der Waals surface area contributed by atoms with E-state index >= 15 is 0 Å². The molecule has 120 valence electrons. The number of nitrogens with two attached hydrogens (primary N) is 3. The van der Waals surface area contributed by atoms with Gasteiger partial charge in [-0.1, -0.05) is 24.3 Å². The van der Waals surface area contributed by atoms with Crippen molar-refractivity contribution >= 4 is 23.8 Å². The van der Waals surface area contributed by atoms with Gasteiger partial charge in [-0.2, -0.15) is 0 Å². The second-order valence-corrected chi connectivity index (χ2v) is 5.50. The highest BCUT2D eigenvalue weighted by Crippen LogP contribution is 2.18.